The van der Waals surface area contributed by atoms with Crippen molar-refractivity contribution in [2.45, 2.75) is 194 Å². The molecule has 2 aromatic rings. The molecule has 8 fully saturated rings. The number of amides is 2. The molecule has 10 rings (SSSR count). The number of nitrogens with one attached hydrogen (secondary N) is 2. The summed E-state index contributed by atoms with van der Waals surface area (Å²) in [6, 6.07) is 14.5. The molecule has 8 saturated carbocycles. The average molecular weight is 922 g/mol. The summed E-state index contributed by atoms with van der Waals surface area (Å²) in [5.74, 6) is 3.59. The highest BCUT2D eigenvalue weighted by molar-refractivity contribution is 6.02. The van der Waals surface area contributed by atoms with E-state index in [1.54, 1.807) is 0 Å². The van der Waals surface area contributed by atoms with Gasteiger partial charge in [0.05, 0.1) is 24.4 Å². The Labute approximate surface area is 402 Å². The van der Waals surface area contributed by atoms with Gasteiger partial charge in [-0.25, -0.2) is 0 Å². The number of benzene rings is 2. The molecule has 0 saturated heterocycles. The fraction of sp³-hybridized carbons (Fsp3) is 0.793. The van der Waals surface area contributed by atoms with Crippen molar-refractivity contribution in [1.82, 2.24) is 5.32 Å². The van der Waals surface area contributed by atoms with E-state index in [0.717, 1.165) is 113 Å². The molecule has 0 bridgehead atoms. The van der Waals surface area contributed by atoms with Gasteiger partial charge >= 0.3 is 0 Å². The second-order valence-corrected chi connectivity index (χ2v) is 25.9. The Morgan fingerprint density at radius 3 is 1.75 bits per heavy atom. The molecule has 0 spiro atoms. The number of fused-ring (bicyclic) bond motifs is 11. The first-order valence-corrected chi connectivity index (χ1v) is 27.4. The third-order valence-corrected chi connectivity index (χ3v) is 23.2. The second kappa shape index (κ2) is 17.9. The van der Waals surface area contributed by atoms with Crippen LogP contribution in [0.3, 0.4) is 0 Å². The van der Waals surface area contributed by atoms with Crippen molar-refractivity contribution in [3.63, 3.8) is 0 Å². The molecule has 9 nitrogen and oxygen atoms in total. The molecule has 9 heteroatoms. The lowest BCUT2D eigenvalue weighted by Gasteiger charge is -2.63. The van der Waals surface area contributed by atoms with Gasteiger partial charge in [-0.05, 0) is 207 Å². The SMILES string of the molecule is C[C@H](CCC(=O)N[C@@H]1CC[C@@]2(C)[C@@H](C1)C[C@@H](O)[C@@H]1[C@@H]2C[C@H](O)[C@]2(C)[C@@H]([C@H](C)CCC(=O)Nc3cccc4ccccc34)CC[C@@H]12)[C@H]1CC[C@H]2[C@@H]3[C@H](O)C[C@@H]4C[C@H](N)CC[C@]4(C)[C@H]3C[C@H](O)[C@]12C. The topological polar surface area (TPSA) is 165 Å². The third-order valence-electron chi connectivity index (χ3n) is 23.2. The number of anilines is 1. The largest absolute Gasteiger partial charge is 0.393 e. The van der Waals surface area contributed by atoms with Crippen molar-refractivity contribution in [1.29, 1.82) is 0 Å². The lowest BCUT2D eigenvalue weighted by atomic mass is 9.43. The summed E-state index contributed by atoms with van der Waals surface area (Å²) < 4.78 is 0. The number of aliphatic hydroxyl groups is 4. The molecule has 8 aliphatic carbocycles. The van der Waals surface area contributed by atoms with E-state index in [-0.39, 0.29) is 81.3 Å². The number of nitrogens with two attached hydrogens (primary N) is 1. The van der Waals surface area contributed by atoms with E-state index < -0.39 is 18.3 Å². The predicted octanol–water partition coefficient (Wildman–Crippen LogP) is 9.62. The van der Waals surface area contributed by atoms with Crippen molar-refractivity contribution in [2.75, 3.05) is 5.32 Å². The Balaban J connectivity index is 0.726. The zero-order valence-corrected chi connectivity index (χ0v) is 41.8. The fourth-order valence-electron chi connectivity index (χ4n) is 19.4. The van der Waals surface area contributed by atoms with Crippen molar-refractivity contribution in [3.05, 3.63) is 42.5 Å². The van der Waals surface area contributed by atoms with E-state index in [1.807, 2.05) is 30.3 Å². The van der Waals surface area contributed by atoms with Gasteiger partial charge in [0.25, 0.3) is 0 Å². The molecular formula is C58H87N3O6. The Morgan fingerprint density at radius 1 is 0.627 bits per heavy atom. The first-order valence-electron chi connectivity index (χ1n) is 27.4. The molecule has 0 aliphatic heterocycles. The van der Waals surface area contributed by atoms with Crippen LogP contribution in [0.15, 0.2) is 42.5 Å². The molecule has 370 valence electrons. The van der Waals surface area contributed by atoms with Crippen LogP contribution < -0.4 is 16.4 Å². The minimum atomic E-state index is -0.450. The lowest BCUT2D eigenvalue weighted by molar-refractivity contribution is -0.202. The van der Waals surface area contributed by atoms with Gasteiger partial charge in [-0.3, -0.25) is 9.59 Å². The number of aliphatic hydroxyl groups excluding tert-OH is 4. The summed E-state index contributed by atoms with van der Waals surface area (Å²) in [5, 5.41) is 57.1. The van der Waals surface area contributed by atoms with Crippen LogP contribution in [-0.4, -0.2) is 68.7 Å². The van der Waals surface area contributed by atoms with Gasteiger partial charge in [0.1, 0.15) is 0 Å². The van der Waals surface area contributed by atoms with Gasteiger partial charge in [-0.2, -0.15) is 0 Å². The fourth-order valence-corrected chi connectivity index (χ4v) is 19.4. The molecule has 0 radical (unpaired) electrons. The highest BCUT2D eigenvalue weighted by Gasteiger charge is 2.67. The molecule has 0 unspecified atom stereocenters. The van der Waals surface area contributed by atoms with E-state index in [0.29, 0.717) is 60.7 Å². The van der Waals surface area contributed by atoms with Crippen LogP contribution in [0.5, 0.6) is 0 Å². The van der Waals surface area contributed by atoms with Crippen molar-refractivity contribution < 1.29 is 30.0 Å². The van der Waals surface area contributed by atoms with Crippen molar-refractivity contribution in [2.24, 2.45) is 98.4 Å². The lowest BCUT2D eigenvalue weighted by Crippen LogP contribution is -2.63. The second-order valence-electron chi connectivity index (χ2n) is 25.9. The van der Waals surface area contributed by atoms with E-state index >= 15 is 0 Å². The molecule has 0 heterocycles. The summed E-state index contributed by atoms with van der Waals surface area (Å²) in [6.45, 7) is 14.1. The van der Waals surface area contributed by atoms with Crippen LogP contribution >= 0.6 is 0 Å². The van der Waals surface area contributed by atoms with E-state index in [1.165, 1.54) is 0 Å². The Hall–Kier alpha value is -2.56. The smallest absolute Gasteiger partial charge is 0.224 e. The highest BCUT2D eigenvalue weighted by Crippen LogP contribution is 2.70. The average Bonchev–Trinajstić information content (AvgIpc) is 3.85. The third kappa shape index (κ3) is 7.87. The molecular weight excluding hydrogens is 835 g/mol. The minimum absolute atomic E-state index is 0.00765. The van der Waals surface area contributed by atoms with Crippen molar-refractivity contribution >= 4 is 28.3 Å². The molecule has 67 heavy (non-hydrogen) atoms. The van der Waals surface area contributed by atoms with Crippen molar-refractivity contribution in [3.8, 4) is 0 Å². The maximum atomic E-state index is 13.8. The number of hydrogen-bond donors (Lipinski definition) is 7. The van der Waals surface area contributed by atoms with Crippen LogP contribution in [0.1, 0.15) is 157 Å². The van der Waals surface area contributed by atoms with E-state index in [9.17, 15) is 30.0 Å². The first kappa shape index (κ1) is 48.1. The molecule has 22 atom stereocenters. The molecule has 2 aromatic carbocycles. The number of carbonyl (C=O) groups excluding carboxylic acids is 2. The Morgan fingerprint density at radius 2 is 1.15 bits per heavy atom. The van der Waals surface area contributed by atoms with Crippen LogP contribution in [0.25, 0.3) is 10.8 Å². The van der Waals surface area contributed by atoms with Gasteiger partial charge in [0.15, 0.2) is 0 Å². The quantitative estimate of drug-likeness (QED) is 0.125. The summed E-state index contributed by atoms with van der Waals surface area (Å²) in [4.78, 5) is 27.1. The monoisotopic (exact) mass is 922 g/mol. The summed E-state index contributed by atoms with van der Waals surface area (Å²) in [5.41, 5.74) is 6.89. The van der Waals surface area contributed by atoms with Gasteiger partial charge in [0.2, 0.25) is 11.8 Å². The molecule has 8 aliphatic rings. The number of rotatable bonds is 10. The summed E-state index contributed by atoms with van der Waals surface area (Å²) >= 11 is 0. The van der Waals surface area contributed by atoms with E-state index in [4.69, 9.17) is 5.73 Å². The van der Waals surface area contributed by atoms with Crippen LogP contribution in [-0.2, 0) is 9.59 Å². The zero-order valence-electron chi connectivity index (χ0n) is 41.8. The van der Waals surface area contributed by atoms with Crippen LogP contribution in [0.4, 0.5) is 5.69 Å². The van der Waals surface area contributed by atoms with Crippen LogP contribution in [0, 0.1) is 92.7 Å². The van der Waals surface area contributed by atoms with Crippen LogP contribution in [0.2, 0.25) is 0 Å². The summed E-state index contributed by atoms with van der Waals surface area (Å²) in [6.07, 6.45) is 14.0. The molecule has 8 N–H and O–H groups in total. The highest BCUT2D eigenvalue weighted by atomic mass is 16.3. The van der Waals surface area contributed by atoms with E-state index in [2.05, 4.69) is 64.3 Å². The maximum Gasteiger partial charge on any atom is 0.224 e. The predicted molar refractivity (Wildman–Crippen MR) is 265 cm³/mol. The van der Waals surface area contributed by atoms with Gasteiger partial charge in [-0.15, -0.1) is 0 Å². The Kier molecular flexibility index (Phi) is 12.9. The minimum Gasteiger partial charge on any atom is -0.393 e. The molecule has 0 aromatic heterocycles. The normalized spacial score (nSPS) is 47.6. The molecule has 2 amide bonds. The van der Waals surface area contributed by atoms with Gasteiger partial charge < -0.3 is 36.8 Å². The summed E-state index contributed by atoms with van der Waals surface area (Å²) in [7, 11) is 0. The van der Waals surface area contributed by atoms with Gasteiger partial charge in [0, 0.05) is 36.0 Å². The number of hydrogen-bond acceptors (Lipinski definition) is 7. The van der Waals surface area contributed by atoms with Gasteiger partial charge in [-0.1, -0.05) is 77.9 Å². The maximum absolute atomic E-state index is 13.8. The zero-order chi connectivity index (χ0) is 47.4. The first-order chi connectivity index (χ1) is 31.9. The Bertz CT molecular complexity index is 2150. The number of carbonyl (C=O) groups is 2. The standard InChI is InChI=1S/C58H87N3O6/c1-32(40-16-18-42-53-44(30-49(64)57(40,42)5)55(3)24-22-37(59)26-35(55)28-47(53)62)14-20-51(66)60-38-23-25-56(4)36(27-38)29-48(63)54-43-19-17-41(58(43,6)50(65)31-45(54)56)33(2)15-21-52(67)61-46-13-9-11-34-10-7-8-12-39(34)46/h7-13,32-33,35-38,40-45,47-50,53-54,62-65H,14-31,59H2,1-6H3,(H,60,66)(H,61,67)/t32-,33-,35+,36+,37-,38-,40-,41-,42+,43+,44+,45+,47-,48-,49+,50+,53+,54+,55+,56+,57-,58-/m1/s1.